The van der Waals surface area contributed by atoms with Crippen molar-refractivity contribution in [2.45, 2.75) is 6.54 Å². The van der Waals surface area contributed by atoms with Crippen molar-refractivity contribution in [3.8, 4) is 5.75 Å². The van der Waals surface area contributed by atoms with Gasteiger partial charge in [0.15, 0.2) is 11.6 Å². The summed E-state index contributed by atoms with van der Waals surface area (Å²) in [6, 6.07) is 8.78. The Morgan fingerprint density at radius 1 is 1.33 bits per heavy atom. The Morgan fingerprint density at radius 3 is 2.76 bits per heavy atom. The molecule has 4 nitrogen and oxygen atoms in total. The fraction of sp³-hybridized carbons (Fsp3) is 0.133. The second-order valence-electron chi connectivity index (χ2n) is 4.33. The molecule has 0 bridgehead atoms. The number of carbonyl (C=O) groups is 1. The summed E-state index contributed by atoms with van der Waals surface area (Å²) in [6.07, 6.45) is 0. The lowest BCUT2D eigenvalue weighted by molar-refractivity contribution is 0.0601. The molecule has 0 aliphatic rings. The van der Waals surface area contributed by atoms with Crippen molar-refractivity contribution in [3.05, 3.63) is 58.4 Å². The van der Waals surface area contributed by atoms with Crippen LogP contribution >= 0.6 is 11.6 Å². The van der Waals surface area contributed by atoms with E-state index >= 15 is 0 Å². The monoisotopic (exact) mass is 309 g/mol. The topological polar surface area (TPSA) is 58.6 Å². The van der Waals surface area contributed by atoms with Crippen LogP contribution in [0.15, 0.2) is 36.4 Å². The van der Waals surface area contributed by atoms with Gasteiger partial charge in [-0.05, 0) is 35.9 Å². The Kier molecular flexibility index (Phi) is 4.65. The molecule has 2 N–H and O–H groups in total. The molecule has 0 radical (unpaired) electrons. The van der Waals surface area contributed by atoms with E-state index < -0.39 is 17.5 Å². The van der Waals surface area contributed by atoms with Crippen molar-refractivity contribution in [1.29, 1.82) is 0 Å². The van der Waals surface area contributed by atoms with Gasteiger partial charge < -0.3 is 15.2 Å². The van der Waals surface area contributed by atoms with Crippen LogP contribution in [-0.2, 0) is 11.3 Å². The van der Waals surface area contributed by atoms with Gasteiger partial charge in [-0.25, -0.2) is 9.18 Å². The van der Waals surface area contributed by atoms with Crippen LogP contribution in [-0.4, -0.2) is 18.2 Å². The molecule has 6 heteroatoms. The van der Waals surface area contributed by atoms with Crippen LogP contribution in [0.3, 0.4) is 0 Å². The number of anilines is 1. The summed E-state index contributed by atoms with van der Waals surface area (Å²) in [4.78, 5) is 11.5. The molecular weight excluding hydrogens is 297 g/mol. The number of aromatic hydroxyl groups is 1. The van der Waals surface area contributed by atoms with Gasteiger partial charge in [0.1, 0.15) is 0 Å². The summed E-state index contributed by atoms with van der Waals surface area (Å²) in [5.41, 5.74) is 1.53. The predicted octanol–water partition coefficient (Wildman–Crippen LogP) is 3.58. The van der Waals surface area contributed by atoms with Crippen LogP contribution in [0.25, 0.3) is 0 Å². The van der Waals surface area contributed by atoms with Gasteiger partial charge in [-0.2, -0.15) is 0 Å². The molecule has 0 aliphatic carbocycles. The molecule has 0 aromatic heterocycles. The average Bonchev–Trinajstić information content (AvgIpc) is 2.49. The summed E-state index contributed by atoms with van der Waals surface area (Å²) < 4.78 is 17.9. The molecule has 0 heterocycles. The van der Waals surface area contributed by atoms with E-state index in [9.17, 15) is 9.18 Å². The third-order valence-corrected chi connectivity index (χ3v) is 3.21. The van der Waals surface area contributed by atoms with Gasteiger partial charge in [0.05, 0.1) is 23.4 Å². The second-order valence-corrected chi connectivity index (χ2v) is 4.73. The Balaban J connectivity index is 2.15. The summed E-state index contributed by atoms with van der Waals surface area (Å²) in [5, 5.41) is 12.6. The molecule has 0 spiro atoms. The molecule has 0 saturated heterocycles. The zero-order valence-electron chi connectivity index (χ0n) is 11.2. The lowest BCUT2D eigenvalue weighted by Crippen LogP contribution is -2.04. The van der Waals surface area contributed by atoms with E-state index in [1.165, 1.54) is 19.2 Å². The van der Waals surface area contributed by atoms with Crippen LogP contribution in [0, 0.1) is 5.82 Å². The highest BCUT2D eigenvalue weighted by Crippen LogP contribution is 2.24. The number of methoxy groups -OCH3 is 1. The molecule has 21 heavy (non-hydrogen) atoms. The van der Waals surface area contributed by atoms with Gasteiger partial charge in [-0.3, -0.25) is 0 Å². The van der Waals surface area contributed by atoms with Crippen LogP contribution in [0.4, 0.5) is 10.1 Å². The van der Waals surface area contributed by atoms with Gasteiger partial charge in [-0.15, -0.1) is 0 Å². The quantitative estimate of drug-likeness (QED) is 0.848. The van der Waals surface area contributed by atoms with Crippen molar-refractivity contribution < 1.29 is 19.0 Å². The Morgan fingerprint density at radius 2 is 2.10 bits per heavy atom. The summed E-state index contributed by atoms with van der Waals surface area (Å²) in [6.45, 7) is 0.293. The van der Waals surface area contributed by atoms with Crippen molar-refractivity contribution >= 4 is 23.3 Å². The lowest BCUT2D eigenvalue weighted by atomic mass is 10.1. The Hall–Kier alpha value is -2.27. The van der Waals surface area contributed by atoms with Crippen LogP contribution in [0.2, 0.25) is 5.02 Å². The minimum atomic E-state index is -0.691. The van der Waals surface area contributed by atoms with E-state index in [1.807, 2.05) is 0 Å². The number of hydrogen-bond donors (Lipinski definition) is 2. The largest absolute Gasteiger partial charge is 0.505 e. The molecule has 2 aromatic carbocycles. The highest BCUT2D eigenvalue weighted by atomic mass is 35.5. The summed E-state index contributed by atoms with van der Waals surface area (Å²) in [7, 11) is 1.29. The van der Waals surface area contributed by atoms with Crippen LogP contribution < -0.4 is 5.32 Å². The molecule has 2 aromatic rings. The number of phenols is 1. The van der Waals surface area contributed by atoms with Gasteiger partial charge in [0.2, 0.25) is 0 Å². The number of phenolic OH excluding ortho intramolecular Hbond substituents is 1. The highest BCUT2D eigenvalue weighted by Gasteiger charge is 2.09. The molecule has 0 amide bonds. The first-order chi connectivity index (χ1) is 10.0. The van der Waals surface area contributed by atoms with Gasteiger partial charge in [0, 0.05) is 6.54 Å². The first kappa shape index (κ1) is 15.1. The van der Waals surface area contributed by atoms with Crippen molar-refractivity contribution in [2.75, 3.05) is 12.4 Å². The highest BCUT2D eigenvalue weighted by molar-refractivity contribution is 6.33. The van der Waals surface area contributed by atoms with Crippen molar-refractivity contribution in [3.63, 3.8) is 0 Å². The number of hydrogen-bond acceptors (Lipinski definition) is 4. The van der Waals surface area contributed by atoms with E-state index in [2.05, 4.69) is 10.1 Å². The van der Waals surface area contributed by atoms with Crippen LogP contribution in [0.5, 0.6) is 5.75 Å². The molecule has 2 rings (SSSR count). The first-order valence-electron chi connectivity index (χ1n) is 6.10. The first-order valence-corrected chi connectivity index (χ1v) is 6.48. The Labute approximate surface area is 126 Å². The fourth-order valence-corrected chi connectivity index (χ4v) is 1.95. The summed E-state index contributed by atoms with van der Waals surface area (Å²) >= 11 is 6.04. The van der Waals surface area contributed by atoms with Gasteiger partial charge in [-0.1, -0.05) is 17.7 Å². The van der Waals surface area contributed by atoms with Crippen molar-refractivity contribution in [2.24, 2.45) is 0 Å². The number of carbonyl (C=O) groups excluding carboxylic acids is 1. The van der Waals surface area contributed by atoms with Crippen molar-refractivity contribution in [1.82, 2.24) is 0 Å². The fourth-order valence-electron chi connectivity index (χ4n) is 1.76. The van der Waals surface area contributed by atoms with E-state index in [-0.39, 0.29) is 0 Å². The molecular formula is C15H13ClFNO3. The second kappa shape index (κ2) is 6.45. The third kappa shape index (κ3) is 3.64. The molecule has 0 atom stereocenters. The SMILES string of the molecule is COC(=O)c1ccc(Cl)c(NCc2ccc(O)c(F)c2)c1. The lowest BCUT2D eigenvalue weighted by Gasteiger charge is -2.10. The minimum Gasteiger partial charge on any atom is -0.505 e. The van der Waals surface area contributed by atoms with E-state index in [1.54, 1.807) is 24.3 Å². The number of benzene rings is 2. The van der Waals surface area contributed by atoms with Gasteiger partial charge >= 0.3 is 5.97 Å². The molecule has 110 valence electrons. The number of halogens is 2. The molecule has 0 aliphatic heterocycles. The number of esters is 1. The van der Waals surface area contributed by atoms with E-state index in [0.717, 1.165) is 0 Å². The maximum Gasteiger partial charge on any atom is 0.337 e. The smallest absolute Gasteiger partial charge is 0.337 e. The standard InChI is InChI=1S/C15H13ClFNO3/c1-21-15(20)10-3-4-11(16)13(7-10)18-8-9-2-5-14(19)12(17)6-9/h2-7,18-19H,8H2,1H3. The number of rotatable bonds is 4. The zero-order valence-corrected chi connectivity index (χ0v) is 11.9. The minimum absolute atomic E-state index is 0.293. The summed E-state index contributed by atoms with van der Waals surface area (Å²) in [5.74, 6) is -1.56. The number of nitrogens with one attached hydrogen (secondary N) is 1. The maximum atomic E-state index is 13.2. The third-order valence-electron chi connectivity index (χ3n) is 2.88. The van der Waals surface area contributed by atoms with Gasteiger partial charge in [0.25, 0.3) is 0 Å². The molecule has 0 fully saturated rings. The predicted molar refractivity (Wildman–Crippen MR) is 78.2 cm³/mol. The van der Waals surface area contributed by atoms with Crippen LogP contribution in [0.1, 0.15) is 15.9 Å². The normalized spacial score (nSPS) is 10.2. The van der Waals surface area contributed by atoms with E-state index in [0.29, 0.717) is 28.4 Å². The molecule has 0 unspecified atom stereocenters. The van der Waals surface area contributed by atoms with E-state index in [4.69, 9.17) is 16.7 Å². The molecule has 0 saturated carbocycles. The number of ether oxygens (including phenoxy) is 1. The zero-order chi connectivity index (χ0) is 15.4. The maximum absolute atomic E-state index is 13.2. The average molecular weight is 310 g/mol. The Bertz CT molecular complexity index is 676.